The predicted octanol–water partition coefficient (Wildman–Crippen LogP) is 3.28. The Morgan fingerprint density at radius 2 is 1.89 bits per heavy atom. The minimum atomic E-state index is -1.12. The van der Waals surface area contributed by atoms with Crippen molar-refractivity contribution in [2.75, 3.05) is 13.2 Å². The molecule has 0 saturated carbocycles. The van der Waals surface area contributed by atoms with Crippen molar-refractivity contribution in [1.29, 1.82) is 0 Å². The van der Waals surface area contributed by atoms with Gasteiger partial charge in [-0.15, -0.1) is 0 Å². The molecule has 36 heavy (non-hydrogen) atoms. The summed E-state index contributed by atoms with van der Waals surface area (Å²) in [5.41, 5.74) is 6.89. The zero-order valence-electron chi connectivity index (χ0n) is 20.9. The second kappa shape index (κ2) is 11.5. The van der Waals surface area contributed by atoms with Crippen LogP contribution in [0.25, 0.3) is 0 Å². The maximum absolute atomic E-state index is 15.4. The zero-order valence-corrected chi connectivity index (χ0v) is 21.7. The molecule has 1 heterocycles. The van der Waals surface area contributed by atoms with Crippen LogP contribution in [0.3, 0.4) is 0 Å². The van der Waals surface area contributed by atoms with Gasteiger partial charge in [-0.1, -0.05) is 56.6 Å². The summed E-state index contributed by atoms with van der Waals surface area (Å²) in [6, 6.07) is 9.39. The van der Waals surface area contributed by atoms with Crippen molar-refractivity contribution < 1.29 is 23.8 Å². The fraction of sp³-hybridized carbons (Fsp3) is 0.519. The van der Waals surface area contributed by atoms with Gasteiger partial charge in [-0.05, 0) is 54.0 Å². The van der Waals surface area contributed by atoms with E-state index in [9.17, 15) is 14.3 Å². The van der Waals surface area contributed by atoms with E-state index in [0.29, 0.717) is 6.42 Å². The third-order valence-electron chi connectivity index (χ3n) is 6.77. The third-order valence-corrected chi connectivity index (χ3v) is 7.06. The molecule has 6 N–H and O–H groups in total. The molecular weight excluding hydrogens is 488 g/mol. The maximum atomic E-state index is 15.4. The molecule has 9 heteroatoms. The maximum Gasteiger partial charge on any atom is 0.237 e. The normalized spacial score (nSPS) is 25.1. The fourth-order valence-corrected chi connectivity index (χ4v) is 5.25. The van der Waals surface area contributed by atoms with Gasteiger partial charge in [0.05, 0.1) is 23.8 Å². The van der Waals surface area contributed by atoms with Gasteiger partial charge in [0, 0.05) is 24.0 Å². The van der Waals surface area contributed by atoms with E-state index < -0.39 is 41.9 Å². The van der Waals surface area contributed by atoms with E-state index in [2.05, 4.69) is 31.4 Å². The van der Waals surface area contributed by atoms with E-state index in [-0.39, 0.29) is 47.2 Å². The predicted molar refractivity (Wildman–Crippen MR) is 137 cm³/mol. The molecule has 1 aliphatic rings. The van der Waals surface area contributed by atoms with Crippen LogP contribution in [0.5, 0.6) is 0 Å². The number of hydrogen-bond donors (Lipinski definition) is 5. The van der Waals surface area contributed by atoms with Gasteiger partial charge >= 0.3 is 0 Å². The van der Waals surface area contributed by atoms with Gasteiger partial charge in [0.25, 0.3) is 0 Å². The van der Waals surface area contributed by atoms with E-state index >= 15 is 4.39 Å². The lowest BCUT2D eigenvalue weighted by Gasteiger charge is -2.39. The molecule has 198 valence electrons. The van der Waals surface area contributed by atoms with Crippen LogP contribution in [-0.4, -0.2) is 53.0 Å². The van der Waals surface area contributed by atoms with Crippen molar-refractivity contribution in [3.8, 4) is 0 Å². The second-order valence-corrected chi connectivity index (χ2v) is 11.3. The summed E-state index contributed by atoms with van der Waals surface area (Å²) in [5, 5.41) is 24.8. The molecule has 1 fully saturated rings. The number of carbonyl (C=O) groups is 1. The number of carbonyl (C=O) groups excluding carboxylic acids is 1. The Morgan fingerprint density at radius 3 is 2.50 bits per heavy atom. The number of nitrogens with two attached hydrogens (primary N) is 1. The molecule has 5 atom stereocenters. The summed E-state index contributed by atoms with van der Waals surface area (Å²) in [6.07, 6.45) is 0.0738. The van der Waals surface area contributed by atoms with Gasteiger partial charge in [0.2, 0.25) is 5.91 Å². The number of amides is 1. The number of benzene rings is 2. The first kappa shape index (κ1) is 28.5. The van der Waals surface area contributed by atoms with E-state index in [1.807, 2.05) is 0 Å². The van der Waals surface area contributed by atoms with Crippen LogP contribution in [0.2, 0.25) is 5.02 Å². The largest absolute Gasteiger partial charge is 0.394 e. The van der Waals surface area contributed by atoms with Gasteiger partial charge in [-0.2, -0.15) is 0 Å². The highest BCUT2D eigenvalue weighted by Crippen LogP contribution is 2.45. The van der Waals surface area contributed by atoms with Crippen LogP contribution in [0.4, 0.5) is 8.78 Å². The van der Waals surface area contributed by atoms with Crippen molar-refractivity contribution in [3.63, 3.8) is 0 Å². The molecule has 1 aliphatic heterocycles. The molecule has 0 spiro atoms. The van der Waals surface area contributed by atoms with Crippen LogP contribution < -0.4 is 16.4 Å². The lowest BCUT2D eigenvalue weighted by atomic mass is 9.69. The summed E-state index contributed by atoms with van der Waals surface area (Å²) in [4.78, 5) is 13.4. The summed E-state index contributed by atoms with van der Waals surface area (Å²) in [5.74, 6) is -2.20. The van der Waals surface area contributed by atoms with Crippen LogP contribution >= 0.6 is 11.6 Å². The first-order chi connectivity index (χ1) is 16.9. The van der Waals surface area contributed by atoms with Gasteiger partial charge in [0.1, 0.15) is 11.6 Å². The molecule has 0 unspecified atom stereocenters. The third kappa shape index (κ3) is 6.61. The topological polar surface area (TPSA) is 108 Å². The highest BCUT2D eigenvalue weighted by molar-refractivity contribution is 6.30. The molecule has 0 aromatic heterocycles. The first-order valence-electron chi connectivity index (χ1n) is 12.2. The molecular formula is C27H36ClF2N3O3. The van der Waals surface area contributed by atoms with Crippen molar-refractivity contribution in [1.82, 2.24) is 10.6 Å². The van der Waals surface area contributed by atoms with Crippen molar-refractivity contribution in [3.05, 3.63) is 70.2 Å². The Morgan fingerprint density at radius 1 is 1.22 bits per heavy atom. The Labute approximate surface area is 216 Å². The minimum Gasteiger partial charge on any atom is -0.394 e. The molecule has 1 amide bonds. The molecule has 0 bridgehead atoms. The van der Waals surface area contributed by atoms with Crippen molar-refractivity contribution in [2.24, 2.45) is 11.1 Å². The Bertz CT molecular complexity index is 1050. The lowest BCUT2D eigenvalue weighted by molar-refractivity contribution is -0.123. The number of rotatable bonds is 9. The lowest BCUT2D eigenvalue weighted by Crippen LogP contribution is -2.56. The monoisotopic (exact) mass is 523 g/mol. The summed E-state index contributed by atoms with van der Waals surface area (Å²) < 4.78 is 29.0. The average Bonchev–Trinajstić information content (AvgIpc) is 3.07. The first-order valence-corrected chi connectivity index (χ1v) is 12.5. The molecule has 0 aliphatic carbocycles. The van der Waals surface area contributed by atoms with E-state index in [1.165, 1.54) is 18.2 Å². The van der Waals surface area contributed by atoms with E-state index in [1.54, 1.807) is 24.3 Å². The van der Waals surface area contributed by atoms with Gasteiger partial charge < -0.3 is 26.6 Å². The minimum absolute atomic E-state index is 0.0684. The number of nitrogens with one attached hydrogen (secondary N) is 2. The summed E-state index contributed by atoms with van der Waals surface area (Å²) in [7, 11) is 0. The van der Waals surface area contributed by atoms with Crippen LogP contribution in [-0.2, 0) is 11.2 Å². The molecule has 2 aromatic rings. The zero-order chi connectivity index (χ0) is 26.7. The number of aliphatic hydroxyl groups excluding tert-OH is 2. The summed E-state index contributed by atoms with van der Waals surface area (Å²) >= 11 is 6.14. The van der Waals surface area contributed by atoms with Gasteiger partial charge in [0.15, 0.2) is 0 Å². The molecule has 6 nitrogen and oxygen atoms in total. The molecule has 1 saturated heterocycles. The Hall–Kier alpha value is -2.10. The van der Waals surface area contributed by atoms with Crippen molar-refractivity contribution in [2.45, 2.75) is 69.7 Å². The number of hydrogen-bond acceptors (Lipinski definition) is 5. The molecule has 2 aromatic carbocycles. The quantitative estimate of drug-likeness (QED) is 0.347. The Kier molecular flexibility index (Phi) is 9.11. The van der Waals surface area contributed by atoms with E-state index in [4.69, 9.17) is 22.4 Å². The highest BCUT2D eigenvalue weighted by Gasteiger charge is 2.56. The van der Waals surface area contributed by atoms with Crippen molar-refractivity contribution >= 4 is 17.5 Å². The smallest absolute Gasteiger partial charge is 0.237 e. The highest BCUT2D eigenvalue weighted by atomic mass is 35.5. The van der Waals surface area contributed by atoms with Crippen LogP contribution in [0.1, 0.15) is 50.7 Å². The summed E-state index contributed by atoms with van der Waals surface area (Å²) in [6.45, 7) is 5.90. The van der Waals surface area contributed by atoms with E-state index in [0.717, 1.165) is 5.56 Å². The average molecular weight is 524 g/mol. The van der Waals surface area contributed by atoms with Gasteiger partial charge in [-0.25, -0.2) is 8.78 Å². The molecule has 3 rings (SSSR count). The standard InChI is InChI=1S/C27H36ClF2N3O3/c1-26(2,3)14-21-27(31,13-16-7-9-17(29)10-8-16)22(19-5-4-6-20(28)23(19)30)24(33-21)25(36)32-12-11-18(35)15-34/h4-10,18,21-22,24,33-35H,11-15,31H2,1-3H3,(H,32,36)/t18-,21-,22-,24+,27+/m0/s1. The number of halogens is 3. The second-order valence-electron chi connectivity index (χ2n) is 10.9. The van der Waals surface area contributed by atoms with Crippen LogP contribution in [0, 0.1) is 17.0 Å². The SMILES string of the molecule is CC(C)(C)C[C@@H]1N[C@@H](C(=O)NCC[C@H](O)CO)[C@H](c2cccc(Cl)c2F)[C@@]1(N)Cc1ccc(F)cc1. The fourth-order valence-electron chi connectivity index (χ4n) is 5.07. The molecule has 0 radical (unpaired) electrons. The van der Waals surface area contributed by atoms with Gasteiger partial charge in [-0.3, -0.25) is 4.79 Å². The Balaban J connectivity index is 2.07. The van der Waals surface area contributed by atoms with Crippen LogP contribution in [0.15, 0.2) is 42.5 Å². The number of aliphatic hydroxyl groups is 2.